The van der Waals surface area contributed by atoms with Gasteiger partial charge in [0, 0.05) is 18.9 Å². The molecule has 0 aliphatic carbocycles. The summed E-state index contributed by atoms with van der Waals surface area (Å²) in [5, 5.41) is 12.5. The Kier molecular flexibility index (Phi) is 5.99. The summed E-state index contributed by atoms with van der Waals surface area (Å²) in [6.07, 6.45) is 7.33. The van der Waals surface area contributed by atoms with Gasteiger partial charge in [-0.3, -0.25) is 9.36 Å². The molecule has 0 amide bonds. The number of rotatable bonds is 9. The molecule has 1 N–H and O–H groups in total. The second-order valence-corrected chi connectivity index (χ2v) is 5.41. The van der Waals surface area contributed by atoms with Crippen LogP contribution < -0.4 is 5.32 Å². The van der Waals surface area contributed by atoms with Gasteiger partial charge in [0.2, 0.25) is 0 Å². The molecule has 116 valence electrons. The lowest BCUT2D eigenvalue weighted by Gasteiger charge is -2.12. The van der Waals surface area contributed by atoms with Crippen LogP contribution in [0.1, 0.15) is 57.5 Å². The summed E-state index contributed by atoms with van der Waals surface area (Å²) in [6.45, 7) is 9.23. The Morgan fingerprint density at radius 2 is 2.00 bits per heavy atom. The normalized spacial score (nSPS) is 11.4. The molecule has 0 saturated heterocycles. The zero-order valence-corrected chi connectivity index (χ0v) is 13.4. The summed E-state index contributed by atoms with van der Waals surface area (Å²) in [5.74, 6) is 0. The number of nitrogens with one attached hydrogen (secondary N) is 1. The average Bonchev–Trinajstić information content (AvgIpc) is 3.12. The van der Waals surface area contributed by atoms with Gasteiger partial charge in [0.15, 0.2) is 0 Å². The Hall–Kier alpha value is -1.62. The lowest BCUT2D eigenvalue weighted by atomic mass is 10.2. The van der Waals surface area contributed by atoms with Gasteiger partial charge < -0.3 is 5.32 Å². The molecule has 0 aliphatic rings. The maximum Gasteiger partial charge on any atom is 0.0853 e. The average molecular weight is 289 g/mol. The maximum absolute atomic E-state index is 4.70. The molecule has 2 heterocycles. The second-order valence-electron chi connectivity index (χ2n) is 5.41. The van der Waals surface area contributed by atoms with Gasteiger partial charge >= 0.3 is 0 Å². The topological polar surface area (TPSA) is 47.7 Å². The first-order chi connectivity index (χ1) is 10.3. The molecular weight excluding hydrogens is 262 g/mol. The molecule has 5 nitrogen and oxygen atoms in total. The molecule has 21 heavy (non-hydrogen) atoms. The molecule has 0 bridgehead atoms. The molecule has 2 rings (SSSR count). The SMILES string of the molecule is CCCNCc1ccnn1Cc1ccn(C(CC)CC)n1. The van der Waals surface area contributed by atoms with Crippen LogP contribution in [0.2, 0.25) is 0 Å². The van der Waals surface area contributed by atoms with Gasteiger partial charge in [-0.05, 0) is 37.9 Å². The Bertz CT molecular complexity index is 524. The number of hydrogen-bond donors (Lipinski definition) is 1. The highest BCUT2D eigenvalue weighted by Gasteiger charge is 2.09. The van der Waals surface area contributed by atoms with E-state index in [9.17, 15) is 0 Å². The van der Waals surface area contributed by atoms with E-state index >= 15 is 0 Å². The standard InChI is InChI=1S/C16H27N5/c1-4-9-17-12-16-7-10-18-21(16)13-14-8-11-20(19-14)15(5-2)6-3/h7-8,10-11,15,17H,4-6,9,12-13H2,1-3H3. The zero-order valence-electron chi connectivity index (χ0n) is 13.4. The van der Waals surface area contributed by atoms with Crippen LogP contribution in [-0.4, -0.2) is 26.1 Å². The van der Waals surface area contributed by atoms with Gasteiger partial charge in [0.05, 0.1) is 24.0 Å². The molecule has 0 aliphatic heterocycles. The highest BCUT2D eigenvalue weighted by Crippen LogP contribution is 2.15. The Morgan fingerprint density at radius 1 is 1.19 bits per heavy atom. The fourth-order valence-electron chi connectivity index (χ4n) is 2.53. The smallest absolute Gasteiger partial charge is 0.0853 e. The fourth-order valence-corrected chi connectivity index (χ4v) is 2.53. The third-order valence-electron chi connectivity index (χ3n) is 3.83. The summed E-state index contributed by atoms with van der Waals surface area (Å²) in [6, 6.07) is 4.67. The Labute approximate surface area is 127 Å². The monoisotopic (exact) mass is 289 g/mol. The van der Waals surface area contributed by atoms with Gasteiger partial charge in [-0.2, -0.15) is 10.2 Å². The van der Waals surface area contributed by atoms with E-state index < -0.39 is 0 Å². The molecule has 0 aromatic carbocycles. The molecule has 5 heteroatoms. The van der Waals surface area contributed by atoms with E-state index in [-0.39, 0.29) is 0 Å². The van der Waals surface area contributed by atoms with Crippen molar-refractivity contribution < 1.29 is 0 Å². The van der Waals surface area contributed by atoms with Crippen molar-refractivity contribution in [2.75, 3.05) is 6.54 Å². The third kappa shape index (κ3) is 4.17. The molecule has 0 fully saturated rings. The van der Waals surface area contributed by atoms with E-state index in [4.69, 9.17) is 5.10 Å². The van der Waals surface area contributed by atoms with Crippen LogP contribution in [0.25, 0.3) is 0 Å². The number of aromatic nitrogens is 4. The van der Waals surface area contributed by atoms with Crippen molar-refractivity contribution in [3.63, 3.8) is 0 Å². The molecule has 2 aromatic heterocycles. The van der Waals surface area contributed by atoms with Gasteiger partial charge in [-0.1, -0.05) is 20.8 Å². The summed E-state index contributed by atoms with van der Waals surface area (Å²) >= 11 is 0. The van der Waals surface area contributed by atoms with Crippen molar-refractivity contribution in [3.05, 3.63) is 35.9 Å². The van der Waals surface area contributed by atoms with Crippen LogP contribution in [0.5, 0.6) is 0 Å². The van der Waals surface area contributed by atoms with Crippen LogP contribution in [0.3, 0.4) is 0 Å². The van der Waals surface area contributed by atoms with Crippen molar-refractivity contribution in [1.82, 2.24) is 24.9 Å². The van der Waals surface area contributed by atoms with Crippen LogP contribution in [0, 0.1) is 0 Å². The van der Waals surface area contributed by atoms with Gasteiger partial charge in [0.1, 0.15) is 0 Å². The summed E-state index contributed by atoms with van der Waals surface area (Å²) in [7, 11) is 0. The van der Waals surface area contributed by atoms with Gasteiger partial charge in [-0.15, -0.1) is 0 Å². The van der Waals surface area contributed by atoms with E-state index in [0.29, 0.717) is 6.04 Å². The Balaban J connectivity index is 2.00. The summed E-state index contributed by atoms with van der Waals surface area (Å²) in [4.78, 5) is 0. The van der Waals surface area contributed by atoms with Crippen LogP contribution >= 0.6 is 0 Å². The van der Waals surface area contributed by atoms with E-state index in [1.54, 1.807) is 0 Å². The molecule has 0 spiro atoms. The zero-order chi connectivity index (χ0) is 15.1. The largest absolute Gasteiger partial charge is 0.311 e. The molecule has 2 aromatic rings. The predicted molar refractivity (Wildman–Crippen MR) is 85.2 cm³/mol. The van der Waals surface area contributed by atoms with E-state index in [0.717, 1.165) is 44.6 Å². The van der Waals surface area contributed by atoms with Crippen molar-refractivity contribution in [1.29, 1.82) is 0 Å². The second kappa shape index (κ2) is 7.98. The maximum atomic E-state index is 4.70. The molecule has 0 saturated carbocycles. The molecule has 0 atom stereocenters. The minimum atomic E-state index is 0.502. The highest BCUT2D eigenvalue weighted by molar-refractivity contribution is 5.06. The minimum absolute atomic E-state index is 0.502. The Morgan fingerprint density at radius 3 is 2.71 bits per heavy atom. The van der Waals surface area contributed by atoms with Gasteiger partial charge in [-0.25, -0.2) is 0 Å². The third-order valence-corrected chi connectivity index (χ3v) is 3.83. The van der Waals surface area contributed by atoms with E-state index in [2.05, 4.69) is 54.2 Å². The fraction of sp³-hybridized carbons (Fsp3) is 0.625. The first-order valence-electron chi connectivity index (χ1n) is 8.03. The lowest BCUT2D eigenvalue weighted by molar-refractivity contribution is 0.423. The van der Waals surface area contributed by atoms with E-state index in [1.807, 2.05) is 10.9 Å². The highest BCUT2D eigenvalue weighted by atomic mass is 15.3. The quantitative estimate of drug-likeness (QED) is 0.722. The molecule has 0 radical (unpaired) electrons. The molecule has 0 unspecified atom stereocenters. The first kappa shape index (κ1) is 15.8. The van der Waals surface area contributed by atoms with Crippen LogP contribution in [-0.2, 0) is 13.1 Å². The van der Waals surface area contributed by atoms with Gasteiger partial charge in [0.25, 0.3) is 0 Å². The van der Waals surface area contributed by atoms with Crippen LogP contribution in [0.15, 0.2) is 24.5 Å². The van der Waals surface area contributed by atoms with Crippen molar-refractivity contribution in [2.24, 2.45) is 0 Å². The molecular formula is C16H27N5. The predicted octanol–water partition coefficient (Wildman–Crippen LogP) is 2.99. The summed E-state index contributed by atoms with van der Waals surface area (Å²) in [5.41, 5.74) is 2.28. The van der Waals surface area contributed by atoms with Crippen LogP contribution in [0.4, 0.5) is 0 Å². The van der Waals surface area contributed by atoms with Crippen molar-refractivity contribution in [3.8, 4) is 0 Å². The lowest BCUT2D eigenvalue weighted by Crippen LogP contribution is -2.18. The van der Waals surface area contributed by atoms with Crippen molar-refractivity contribution >= 4 is 0 Å². The minimum Gasteiger partial charge on any atom is -0.311 e. The number of hydrogen-bond acceptors (Lipinski definition) is 3. The van der Waals surface area contributed by atoms with Crippen molar-refractivity contribution in [2.45, 2.75) is 59.2 Å². The summed E-state index contributed by atoms with van der Waals surface area (Å²) < 4.78 is 4.12. The van der Waals surface area contributed by atoms with E-state index in [1.165, 1.54) is 5.69 Å². The first-order valence-corrected chi connectivity index (χ1v) is 8.03. The number of nitrogens with zero attached hydrogens (tertiary/aromatic N) is 4.